The van der Waals surface area contributed by atoms with E-state index in [9.17, 15) is 4.39 Å². The van der Waals surface area contributed by atoms with Crippen molar-refractivity contribution in [2.24, 2.45) is 0 Å². The highest BCUT2D eigenvalue weighted by atomic mass is 19.1. The van der Waals surface area contributed by atoms with Gasteiger partial charge in [-0.1, -0.05) is 24.3 Å². The number of rotatable bonds is 5. The number of hydrogen-bond donors (Lipinski definition) is 1. The van der Waals surface area contributed by atoms with Gasteiger partial charge in [0.25, 0.3) is 0 Å². The Hall–Kier alpha value is -2.03. The van der Waals surface area contributed by atoms with Crippen LogP contribution in [0.5, 0.6) is 5.75 Å². The third kappa shape index (κ3) is 3.47. The van der Waals surface area contributed by atoms with Crippen LogP contribution in [0.4, 0.5) is 10.1 Å². The fourth-order valence-corrected chi connectivity index (χ4v) is 1.96. The summed E-state index contributed by atoms with van der Waals surface area (Å²) < 4.78 is 19.1. The predicted octanol–water partition coefficient (Wildman–Crippen LogP) is 4.14. The topological polar surface area (TPSA) is 21.3 Å². The van der Waals surface area contributed by atoms with Crippen molar-refractivity contribution in [1.29, 1.82) is 0 Å². The highest BCUT2D eigenvalue weighted by Gasteiger charge is 2.04. The lowest BCUT2D eigenvalue weighted by Crippen LogP contribution is -2.03. The van der Waals surface area contributed by atoms with Crippen molar-refractivity contribution in [3.05, 3.63) is 59.4 Å². The quantitative estimate of drug-likeness (QED) is 0.871. The molecule has 0 atom stereocenters. The van der Waals surface area contributed by atoms with E-state index in [4.69, 9.17) is 4.74 Å². The van der Waals surface area contributed by atoms with Crippen molar-refractivity contribution in [3.8, 4) is 5.75 Å². The monoisotopic (exact) mass is 259 g/mol. The second kappa shape index (κ2) is 6.23. The van der Waals surface area contributed by atoms with Gasteiger partial charge in [-0.25, -0.2) is 4.39 Å². The Morgan fingerprint density at radius 2 is 1.95 bits per heavy atom. The molecule has 2 aromatic carbocycles. The SMILES string of the molecule is CCOc1cccc(CNc2c(C)cccc2F)c1. The van der Waals surface area contributed by atoms with Gasteiger partial charge in [0.15, 0.2) is 0 Å². The molecule has 2 rings (SSSR count). The molecule has 0 fully saturated rings. The molecule has 0 heterocycles. The zero-order chi connectivity index (χ0) is 13.7. The molecule has 1 N–H and O–H groups in total. The predicted molar refractivity (Wildman–Crippen MR) is 76.1 cm³/mol. The van der Waals surface area contributed by atoms with E-state index in [-0.39, 0.29) is 5.82 Å². The third-order valence-corrected chi connectivity index (χ3v) is 2.90. The van der Waals surface area contributed by atoms with Crippen molar-refractivity contribution >= 4 is 5.69 Å². The van der Waals surface area contributed by atoms with Crippen molar-refractivity contribution in [3.63, 3.8) is 0 Å². The first-order chi connectivity index (χ1) is 9.20. The largest absolute Gasteiger partial charge is 0.494 e. The first-order valence-electron chi connectivity index (χ1n) is 6.41. The highest BCUT2D eigenvalue weighted by molar-refractivity contribution is 5.52. The minimum Gasteiger partial charge on any atom is -0.494 e. The minimum absolute atomic E-state index is 0.221. The Labute approximate surface area is 113 Å². The van der Waals surface area contributed by atoms with Crippen molar-refractivity contribution in [2.75, 3.05) is 11.9 Å². The first-order valence-corrected chi connectivity index (χ1v) is 6.41. The number of aryl methyl sites for hydroxylation is 1. The van der Waals surface area contributed by atoms with E-state index in [1.807, 2.05) is 44.2 Å². The van der Waals surface area contributed by atoms with Gasteiger partial charge in [0.1, 0.15) is 11.6 Å². The molecule has 0 unspecified atom stereocenters. The Morgan fingerprint density at radius 1 is 1.16 bits per heavy atom. The van der Waals surface area contributed by atoms with Crippen LogP contribution in [0.3, 0.4) is 0 Å². The van der Waals surface area contributed by atoms with Crippen LogP contribution in [0, 0.1) is 12.7 Å². The molecule has 0 spiro atoms. The van der Waals surface area contributed by atoms with E-state index in [2.05, 4.69) is 5.32 Å². The van der Waals surface area contributed by atoms with Crippen LogP contribution < -0.4 is 10.1 Å². The Morgan fingerprint density at radius 3 is 2.68 bits per heavy atom. The summed E-state index contributed by atoms with van der Waals surface area (Å²) in [5.74, 6) is 0.619. The van der Waals surface area contributed by atoms with Gasteiger partial charge in [-0.15, -0.1) is 0 Å². The maximum atomic E-state index is 13.7. The number of anilines is 1. The zero-order valence-corrected chi connectivity index (χ0v) is 11.2. The van der Waals surface area contributed by atoms with Crippen LogP contribution in [-0.4, -0.2) is 6.61 Å². The van der Waals surface area contributed by atoms with Crippen LogP contribution >= 0.6 is 0 Å². The molecule has 0 aliphatic rings. The molecule has 0 aromatic heterocycles. The summed E-state index contributed by atoms with van der Waals surface area (Å²) in [7, 11) is 0. The number of nitrogens with one attached hydrogen (secondary N) is 1. The molecule has 2 nitrogen and oxygen atoms in total. The lowest BCUT2D eigenvalue weighted by molar-refractivity contribution is 0.340. The lowest BCUT2D eigenvalue weighted by atomic mass is 10.1. The van der Waals surface area contributed by atoms with Crippen LogP contribution in [0.2, 0.25) is 0 Å². The fourth-order valence-electron chi connectivity index (χ4n) is 1.96. The Balaban J connectivity index is 2.08. The van der Waals surface area contributed by atoms with Gasteiger partial charge in [-0.2, -0.15) is 0 Å². The van der Waals surface area contributed by atoms with Gasteiger partial charge >= 0.3 is 0 Å². The number of halogens is 1. The lowest BCUT2D eigenvalue weighted by Gasteiger charge is -2.11. The summed E-state index contributed by atoms with van der Waals surface area (Å²) in [4.78, 5) is 0. The summed E-state index contributed by atoms with van der Waals surface area (Å²) in [5.41, 5.74) is 2.53. The smallest absolute Gasteiger partial charge is 0.146 e. The minimum atomic E-state index is -0.221. The second-order valence-corrected chi connectivity index (χ2v) is 4.37. The summed E-state index contributed by atoms with van der Waals surface area (Å²) in [6.07, 6.45) is 0. The molecule has 0 radical (unpaired) electrons. The zero-order valence-electron chi connectivity index (χ0n) is 11.2. The van der Waals surface area contributed by atoms with Crippen LogP contribution in [-0.2, 0) is 6.54 Å². The molecular weight excluding hydrogens is 241 g/mol. The average molecular weight is 259 g/mol. The average Bonchev–Trinajstić information content (AvgIpc) is 2.39. The van der Waals surface area contributed by atoms with Gasteiger partial charge in [-0.3, -0.25) is 0 Å². The van der Waals surface area contributed by atoms with E-state index in [1.54, 1.807) is 6.07 Å². The summed E-state index contributed by atoms with van der Waals surface area (Å²) >= 11 is 0. The number of para-hydroxylation sites is 1. The molecule has 0 bridgehead atoms. The highest BCUT2D eigenvalue weighted by Crippen LogP contribution is 2.20. The molecule has 100 valence electrons. The van der Waals surface area contributed by atoms with Crippen LogP contribution in [0.15, 0.2) is 42.5 Å². The maximum Gasteiger partial charge on any atom is 0.146 e. The number of ether oxygens (including phenoxy) is 1. The molecule has 0 aliphatic carbocycles. The number of hydrogen-bond acceptors (Lipinski definition) is 2. The standard InChI is InChI=1S/C16H18FNO/c1-3-19-14-8-5-7-13(10-14)11-18-16-12(2)6-4-9-15(16)17/h4-10,18H,3,11H2,1-2H3. The molecule has 2 aromatic rings. The van der Waals surface area contributed by atoms with E-state index in [1.165, 1.54) is 6.07 Å². The van der Waals surface area contributed by atoms with Gasteiger partial charge in [0, 0.05) is 6.54 Å². The van der Waals surface area contributed by atoms with Gasteiger partial charge in [-0.05, 0) is 43.2 Å². The van der Waals surface area contributed by atoms with E-state index < -0.39 is 0 Å². The van der Waals surface area contributed by atoms with E-state index >= 15 is 0 Å². The Kier molecular flexibility index (Phi) is 4.39. The number of benzene rings is 2. The molecule has 0 aliphatic heterocycles. The second-order valence-electron chi connectivity index (χ2n) is 4.37. The van der Waals surface area contributed by atoms with Crippen molar-refractivity contribution in [2.45, 2.75) is 20.4 Å². The van der Waals surface area contributed by atoms with E-state index in [0.717, 1.165) is 16.9 Å². The summed E-state index contributed by atoms with van der Waals surface area (Å²) in [5, 5.41) is 3.14. The Bertz CT molecular complexity index is 534. The van der Waals surface area contributed by atoms with Gasteiger partial charge in [0.05, 0.1) is 12.3 Å². The molecular formula is C16H18FNO. The molecule has 0 saturated carbocycles. The molecule has 3 heteroatoms. The molecule has 0 amide bonds. The van der Waals surface area contributed by atoms with Crippen molar-refractivity contribution < 1.29 is 9.13 Å². The normalized spacial score (nSPS) is 10.3. The maximum absolute atomic E-state index is 13.7. The first kappa shape index (κ1) is 13.4. The van der Waals surface area contributed by atoms with Gasteiger partial charge in [0.2, 0.25) is 0 Å². The van der Waals surface area contributed by atoms with E-state index in [0.29, 0.717) is 18.8 Å². The third-order valence-electron chi connectivity index (χ3n) is 2.90. The molecule has 0 saturated heterocycles. The van der Waals surface area contributed by atoms with Crippen molar-refractivity contribution in [1.82, 2.24) is 0 Å². The van der Waals surface area contributed by atoms with Crippen LogP contribution in [0.1, 0.15) is 18.1 Å². The summed E-state index contributed by atoms with van der Waals surface area (Å²) in [6, 6.07) is 12.9. The van der Waals surface area contributed by atoms with Crippen LogP contribution in [0.25, 0.3) is 0 Å². The summed E-state index contributed by atoms with van der Waals surface area (Å²) in [6.45, 7) is 5.06. The van der Waals surface area contributed by atoms with Gasteiger partial charge < -0.3 is 10.1 Å². The fraction of sp³-hybridized carbons (Fsp3) is 0.250. The molecule has 19 heavy (non-hydrogen) atoms.